The molecule has 6 fully saturated rings. The van der Waals surface area contributed by atoms with Gasteiger partial charge in [-0.3, -0.25) is 9.59 Å². The predicted molar refractivity (Wildman–Crippen MR) is 111 cm³/mol. The largest absolute Gasteiger partial charge is 0.457 e. The van der Waals surface area contributed by atoms with Crippen LogP contribution >= 0.6 is 0 Å². The van der Waals surface area contributed by atoms with E-state index < -0.39 is 52.5 Å². The maximum Gasteiger partial charge on any atom is 0.303 e. The normalized spacial score (nSPS) is 52.7. The summed E-state index contributed by atoms with van der Waals surface area (Å²) in [6, 6.07) is 0. The van der Waals surface area contributed by atoms with Gasteiger partial charge in [0.1, 0.15) is 6.10 Å². The van der Waals surface area contributed by atoms with Crippen LogP contribution in [0.3, 0.4) is 0 Å². The lowest BCUT2D eigenvalue weighted by Crippen LogP contribution is -2.84. The number of fused-ring (bicyclic) bond motifs is 2. The number of hydrogen-bond donors (Lipinski definition) is 3. The number of hydrogen-bond acceptors (Lipinski definition) is 8. The van der Waals surface area contributed by atoms with Crippen molar-refractivity contribution < 1.29 is 39.1 Å². The fourth-order valence-electron chi connectivity index (χ4n) is 8.66. The molecule has 0 aromatic rings. The highest BCUT2D eigenvalue weighted by Gasteiger charge is 2.87. The van der Waals surface area contributed by atoms with Crippen molar-refractivity contribution in [3.05, 3.63) is 12.2 Å². The Balaban J connectivity index is 1.79. The van der Waals surface area contributed by atoms with Gasteiger partial charge in [0, 0.05) is 25.2 Å². The van der Waals surface area contributed by atoms with Crippen LogP contribution in [-0.4, -0.2) is 63.6 Å². The molecule has 178 valence electrons. The van der Waals surface area contributed by atoms with Crippen molar-refractivity contribution in [2.24, 2.45) is 28.1 Å². The molecule has 3 N–H and O–H groups in total. The molecule has 6 aliphatic rings. The van der Waals surface area contributed by atoms with Crippen molar-refractivity contribution in [1.29, 1.82) is 0 Å². The monoisotopic (exact) mass is 450 g/mol. The number of rotatable bonds is 2. The fraction of sp³-hybridized carbons (Fsp3) is 0.833. The second-order valence-corrected chi connectivity index (χ2v) is 11.5. The molecule has 8 nitrogen and oxygen atoms in total. The summed E-state index contributed by atoms with van der Waals surface area (Å²) >= 11 is 0. The zero-order chi connectivity index (χ0) is 23.5. The summed E-state index contributed by atoms with van der Waals surface area (Å²) in [5, 5.41) is 35.3. The maximum atomic E-state index is 12.3. The number of esters is 2. The smallest absolute Gasteiger partial charge is 0.303 e. The van der Waals surface area contributed by atoms with Gasteiger partial charge in [-0.1, -0.05) is 20.4 Å². The molecule has 2 spiro atoms. The zero-order valence-corrected chi connectivity index (χ0v) is 19.2. The molecule has 0 radical (unpaired) electrons. The minimum atomic E-state index is -2.00. The summed E-state index contributed by atoms with van der Waals surface area (Å²) in [5.41, 5.74) is -3.46. The second kappa shape index (κ2) is 6.34. The van der Waals surface area contributed by atoms with Crippen LogP contribution in [0.4, 0.5) is 0 Å². The van der Waals surface area contributed by atoms with E-state index in [9.17, 15) is 24.9 Å². The average molecular weight is 451 g/mol. The van der Waals surface area contributed by atoms with Crippen molar-refractivity contribution in [2.45, 2.75) is 89.5 Å². The van der Waals surface area contributed by atoms with Crippen molar-refractivity contribution >= 4 is 11.9 Å². The quantitative estimate of drug-likeness (QED) is 0.427. The van der Waals surface area contributed by atoms with Gasteiger partial charge < -0.3 is 29.5 Å². The SMILES string of the molecule is C=C1[C@@H](OC(C)=O)[C@]23C[C@@]1(O)CC[C@H]2[C@@]12CO[C@]3(O)[C@@H](OC(C)=O)[C@@H]1C(C)(C)CC[C@H]2O. The number of carbonyl (C=O) groups excluding carboxylic acids is 2. The van der Waals surface area contributed by atoms with Crippen LogP contribution in [0.2, 0.25) is 0 Å². The van der Waals surface area contributed by atoms with Gasteiger partial charge in [-0.25, -0.2) is 0 Å². The van der Waals surface area contributed by atoms with E-state index in [-0.39, 0.29) is 30.3 Å². The number of aliphatic hydroxyl groups excluding tert-OH is 1. The topological polar surface area (TPSA) is 123 Å². The van der Waals surface area contributed by atoms with Crippen LogP contribution in [0.1, 0.15) is 59.8 Å². The first-order valence-electron chi connectivity index (χ1n) is 11.6. The highest BCUT2D eigenvalue weighted by molar-refractivity contribution is 5.68. The van der Waals surface area contributed by atoms with Gasteiger partial charge in [0.25, 0.3) is 0 Å². The third-order valence-corrected chi connectivity index (χ3v) is 9.66. The first-order chi connectivity index (χ1) is 14.8. The number of ether oxygens (including phenoxy) is 3. The summed E-state index contributed by atoms with van der Waals surface area (Å²) in [6.07, 6.45) is -0.620. The van der Waals surface area contributed by atoms with Crippen LogP contribution in [0.5, 0.6) is 0 Å². The molecule has 0 aromatic carbocycles. The van der Waals surface area contributed by atoms with E-state index in [4.69, 9.17) is 14.2 Å². The molecule has 4 aliphatic carbocycles. The van der Waals surface area contributed by atoms with E-state index >= 15 is 0 Å². The van der Waals surface area contributed by atoms with E-state index in [0.29, 0.717) is 31.3 Å². The summed E-state index contributed by atoms with van der Waals surface area (Å²) < 4.78 is 17.7. The molecule has 0 amide bonds. The molecular weight excluding hydrogens is 416 g/mol. The minimum Gasteiger partial charge on any atom is -0.457 e. The molecule has 9 atom stereocenters. The van der Waals surface area contributed by atoms with Crippen molar-refractivity contribution in [3.8, 4) is 0 Å². The van der Waals surface area contributed by atoms with Gasteiger partial charge in [0.05, 0.1) is 23.7 Å². The fourth-order valence-corrected chi connectivity index (χ4v) is 8.66. The first-order valence-corrected chi connectivity index (χ1v) is 11.6. The van der Waals surface area contributed by atoms with Crippen LogP contribution in [0.15, 0.2) is 12.2 Å². The van der Waals surface area contributed by atoms with Gasteiger partial charge in [0.2, 0.25) is 5.79 Å². The van der Waals surface area contributed by atoms with Crippen LogP contribution in [0.25, 0.3) is 0 Å². The molecule has 0 aromatic heterocycles. The Labute approximate surface area is 187 Å². The van der Waals surface area contributed by atoms with E-state index in [1.54, 1.807) is 0 Å². The van der Waals surface area contributed by atoms with Crippen LogP contribution in [-0.2, 0) is 23.8 Å². The van der Waals surface area contributed by atoms with Gasteiger partial charge in [0.15, 0.2) is 6.10 Å². The Morgan fingerprint density at radius 2 is 1.75 bits per heavy atom. The zero-order valence-electron chi connectivity index (χ0n) is 19.2. The lowest BCUT2D eigenvalue weighted by atomic mass is 9.35. The third kappa shape index (κ3) is 2.32. The Bertz CT molecular complexity index is 898. The van der Waals surface area contributed by atoms with Crippen molar-refractivity contribution in [2.75, 3.05) is 6.61 Å². The predicted octanol–water partition coefficient (Wildman–Crippen LogP) is 1.45. The second-order valence-electron chi connectivity index (χ2n) is 11.5. The lowest BCUT2D eigenvalue weighted by Gasteiger charge is -2.75. The molecule has 2 aliphatic heterocycles. The lowest BCUT2D eigenvalue weighted by molar-refractivity contribution is -0.467. The van der Waals surface area contributed by atoms with Gasteiger partial charge in [-0.2, -0.15) is 0 Å². The molecule has 4 saturated carbocycles. The van der Waals surface area contributed by atoms with E-state index in [2.05, 4.69) is 20.4 Å². The Kier molecular flexibility index (Phi) is 4.42. The first kappa shape index (κ1) is 22.3. The van der Waals surface area contributed by atoms with Gasteiger partial charge in [-0.05, 0) is 49.0 Å². The molecular formula is C24H34O8. The molecule has 4 bridgehead atoms. The van der Waals surface area contributed by atoms with E-state index in [1.807, 2.05) is 0 Å². The van der Waals surface area contributed by atoms with Crippen molar-refractivity contribution in [3.63, 3.8) is 0 Å². The van der Waals surface area contributed by atoms with E-state index in [0.717, 1.165) is 0 Å². The molecule has 0 unspecified atom stereocenters. The maximum absolute atomic E-state index is 12.3. The minimum absolute atomic E-state index is 0.0668. The molecule has 2 heterocycles. The van der Waals surface area contributed by atoms with Crippen molar-refractivity contribution in [1.82, 2.24) is 0 Å². The highest BCUT2D eigenvalue weighted by Crippen LogP contribution is 2.78. The Hall–Kier alpha value is -1.48. The molecule has 8 heteroatoms. The summed E-state index contributed by atoms with van der Waals surface area (Å²) in [5.74, 6) is -3.81. The third-order valence-electron chi connectivity index (χ3n) is 9.66. The van der Waals surface area contributed by atoms with Crippen LogP contribution < -0.4 is 0 Å². The molecule has 2 saturated heterocycles. The Morgan fingerprint density at radius 3 is 2.38 bits per heavy atom. The number of aliphatic hydroxyl groups is 3. The molecule has 32 heavy (non-hydrogen) atoms. The van der Waals surface area contributed by atoms with Crippen LogP contribution in [0, 0.1) is 28.1 Å². The standard InChI is InChI=1S/C24H34O8/c1-12-18(31-13(2)25)23-10-21(12,28)9-6-15(23)22-11-30-24(23,29)19(32-14(3)26)17(22)20(4,5)8-7-16(22)27/h15-19,27-29H,1,6-11H2,2-5H3/t15-,16+,17+,18+,19-,21-,22+,23-,24+/m0/s1. The Morgan fingerprint density at radius 1 is 1.09 bits per heavy atom. The number of carbonyl (C=O) groups is 2. The van der Waals surface area contributed by atoms with Gasteiger partial charge >= 0.3 is 11.9 Å². The van der Waals surface area contributed by atoms with E-state index in [1.165, 1.54) is 13.8 Å². The summed E-state index contributed by atoms with van der Waals surface area (Å²) in [4.78, 5) is 24.4. The van der Waals surface area contributed by atoms with Gasteiger partial charge in [-0.15, -0.1) is 0 Å². The highest BCUT2D eigenvalue weighted by atomic mass is 16.7. The summed E-state index contributed by atoms with van der Waals surface area (Å²) in [6.45, 7) is 10.9. The molecule has 6 rings (SSSR count). The average Bonchev–Trinajstić information content (AvgIpc) is 2.84. The summed E-state index contributed by atoms with van der Waals surface area (Å²) in [7, 11) is 0.